The molecular formula is C13H17ClN4O. The average Bonchev–Trinajstić information content (AvgIpc) is 3.12. The normalized spacial score (nSPS) is 15.1. The van der Waals surface area contributed by atoms with Gasteiger partial charge in [-0.1, -0.05) is 11.6 Å². The van der Waals surface area contributed by atoms with Crippen LogP contribution in [0.15, 0.2) is 17.2 Å². The van der Waals surface area contributed by atoms with Crippen LogP contribution in [-0.2, 0) is 13.1 Å². The minimum absolute atomic E-state index is 0.0417. The van der Waals surface area contributed by atoms with E-state index in [0.717, 1.165) is 30.8 Å². The van der Waals surface area contributed by atoms with E-state index in [-0.39, 0.29) is 5.69 Å². The van der Waals surface area contributed by atoms with E-state index in [1.54, 1.807) is 4.57 Å². The number of aryl methyl sites for hydroxylation is 2. The van der Waals surface area contributed by atoms with Gasteiger partial charge in [0.25, 0.3) is 0 Å². The predicted molar refractivity (Wildman–Crippen MR) is 73.7 cm³/mol. The fraction of sp³-hybridized carbons (Fsp3) is 0.538. The summed E-state index contributed by atoms with van der Waals surface area (Å²) in [5, 5.41) is 5.03. The molecule has 102 valence electrons. The van der Waals surface area contributed by atoms with E-state index in [1.165, 1.54) is 0 Å². The highest BCUT2D eigenvalue weighted by molar-refractivity contribution is 6.31. The third kappa shape index (κ3) is 2.12. The average molecular weight is 281 g/mol. The number of hydrogen-bond acceptors (Lipinski definition) is 2. The van der Waals surface area contributed by atoms with Gasteiger partial charge < -0.3 is 0 Å². The Morgan fingerprint density at radius 1 is 1.42 bits per heavy atom. The van der Waals surface area contributed by atoms with Gasteiger partial charge >= 0.3 is 5.69 Å². The fourth-order valence-corrected chi connectivity index (χ4v) is 2.56. The molecule has 0 saturated heterocycles. The molecule has 0 aromatic carbocycles. The van der Waals surface area contributed by atoms with Gasteiger partial charge in [-0.05, 0) is 26.7 Å². The van der Waals surface area contributed by atoms with Gasteiger partial charge in [-0.25, -0.2) is 4.79 Å². The van der Waals surface area contributed by atoms with E-state index >= 15 is 0 Å². The Labute approximate surface area is 116 Å². The van der Waals surface area contributed by atoms with Crippen molar-refractivity contribution in [3.8, 4) is 0 Å². The summed E-state index contributed by atoms with van der Waals surface area (Å²) >= 11 is 6.27. The lowest BCUT2D eigenvalue weighted by atomic mass is 10.3. The molecular weight excluding hydrogens is 264 g/mol. The van der Waals surface area contributed by atoms with Crippen molar-refractivity contribution in [2.75, 3.05) is 0 Å². The van der Waals surface area contributed by atoms with Crippen molar-refractivity contribution in [3.05, 3.63) is 39.3 Å². The first-order valence-electron chi connectivity index (χ1n) is 6.61. The number of hydrogen-bond donors (Lipinski definition) is 0. The van der Waals surface area contributed by atoms with E-state index in [1.807, 2.05) is 35.5 Å². The molecule has 0 bridgehead atoms. The number of halogens is 1. The molecule has 5 nitrogen and oxygen atoms in total. The van der Waals surface area contributed by atoms with Crippen molar-refractivity contribution in [2.24, 2.45) is 0 Å². The number of aromatic nitrogens is 4. The second kappa shape index (κ2) is 4.56. The Morgan fingerprint density at radius 3 is 2.79 bits per heavy atom. The molecule has 0 spiro atoms. The van der Waals surface area contributed by atoms with Gasteiger partial charge in [-0.2, -0.15) is 5.10 Å². The Morgan fingerprint density at radius 2 is 2.16 bits per heavy atom. The van der Waals surface area contributed by atoms with Crippen molar-refractivity contribution in [3.63, 3.8) is 0 Å². The van der Waals surface area contributed by atoms with Gasteiger partial charge in [-0.15, -0.1) is 0 Å². The minimum Gasteiger partial charge on any atom is -0.296 e. The van der Waals surface area contributed by atoms with Crippen molar-refractivity contribution < 1.29 is 0 Å². The molecule has 0 atom stereocenters. The molecule has 0 radical (unpaired) electrons. The monoisotopic (exact) mass is 280 g/mol. The molecule has 3 rings (SSSR count). The fourth-order valence-electron chi connectivity index (χ4n) is 2.36. The molecule has 1 aliphatic carbocycles. The zero-order chi connectivity index (χ0) is 13.6. The lowest BCUT2D eigenvalue weighted by Crippen LogP contribution is -2.24. The molecule has 1 fully saturated rings. The number of rotatable bonds is 4. The maximum absolute atomic E-state index is 12.2. The highest BCUT2D eigenvalue weighted by Gasteiger charge is 2.26. The molecule has 1 saturated carbocycles. The smallest absolute Gasteiger partial charge is 0.296 e. The molecule has 0 amide bonds. The van der Waals surface area contributed by atoms with Crippen LogP contribution in [0.4, 0.5) is 0 Å². The highest BCUT2D eigenvalue weighted by atomic mass is 35.5. The van der Waals surface area contributed by atoms with Gasteiger partial charge in [0.15, 0.2) is 0 Å². The molecule has 6 heteroatoms. The molecule has 0 N–H and O–H groups in total. The zero-order valence-electron chi connectivity index (χ0n) is 11.1. The topological polar surface area (TPSA) is 44.8 Å². The van der Waals surface area contributed by atoms with Crippen molar-refractivity contribution in [1.82, 2.24) is 18.9 Å². The van der Waals surface area contributed by atoms with Gasteiger partial charge in [-0.3, -0.25) is 13.8 Å². The van der Waals surface area contributed by atoms with Crippen molar-refractivity contribution >= 4 is 11.6 Å². The molecule has 19 heavy (non-hydrogen) atoms. The van der Waals surface area contributed by atoms with Gasteiger partial charge in [0.1, 0.15) is 0 Å². The van der Waals surface area contributed by atoms with Crippen LogP contribution >= 0.6 is 11.6 Å². The quantitative estimate of drug-likeness (QED) is 0.862. The lowest BCUT2D eigenvalue weighted by molar-refractivity contribution is 0.582. The Kier molecular flexibility index (Phi) is 3.01. The summed E-state index contributed by atoms with van der Waals surface area (Å²) in [5.74, 6) is 0. The summed E-state index contributed by atoms with van der Waals surface area (Å²) < 4.78 is 5.37. The zero-order valence-corrected chi connectivity index (χ0v) is 11.9. The molecule has 1 aliphatic rings. The molecule has 0 unspecified atom stereocenters. The third-order valence-corrected chi connectivity index (χ3v) is 4.08. The van der Waals surface area contributed by atoms with Crippen molar-refractivity contribution in [2.45, 2.75) is 45.8 Å². The number of nitrogens with zero attached hydrogens (tertiary/aromatic N) is 4. The first-order chi connectivity index (χ1) is 9.11. The largest absolute Gasteiger partial charge is 0.328 e. The maximum Gasteiger partial charge on any atom is 0.328 e. The van der Waals surface area contributed by atoms with Crippen LogP contribution in [0.3, 0.4) is 0 Å². The third-order valence-electron chi connectivity index (χ3n) is 3.59. The minimum atomic E-state index is 0.0417. The Hall–Kier alpha value is -1.49. The van der Waals surface area contributed by atoms with Crippen LogP contribution in [-0.4, -0.2) is 18.9 Å². The van der Waals surface area contributed by atoms with Crippen molar-refractivity contribution in [1.29, 1.82) is 0 Å². The van der Waals surface area contributed by atoms with Crippen LogP contribution in [0.25, 0.3) is 0 Å². The predicted octanol–water partition coefficient (Wildman–Crippen LogP) is 2.21. The second-order valence-corrected chi connectivity index (χ2v) is 5.39. The van der Waals surface area contributed by atoms with Crippen LogP contribution < -0.4 is 5.69 Å². The summed E-state index contributed by atoms with van der Waals surface area (Å²) in [6, 6.07) is 0.405. The highest BCUT2D eigenvalue weighted by Crippen LogP contribution is 2.33. The molecule has 2 aromatic rings. The molecule has 2 aromatic heterocycles. The standard InChI is InChI=1S/C13H17ClN4O/c1-3-18-11(12(14)9(2)15-18)8-16-6-7-17(13(16)19)10-4-5-10/h6-7,10H,3-5,8H2,1-2H3. The van der Waals surface area contributed by atoms with E-state index in [4.69, 9.17) is 11.6 Å². The molecule has 2 heterocycles. The Balaban J connectivity index is 1.95. The summed E-state index contributed by atoms with van der Waals surface area (Å²) in [4.78, 5) is 12.2. The Bertz CT molecular complexity index is 663. The number of imidazole rings is 1. The summed E-state index contributed by atoms with van der Waals surface area (Å²) in [6.45, 7) is 5.13. The van der Waals surface area contributed by atoms with E-state index in [2.05, 4.69) is 5.10 Å². The second-order valence-electron chi connectivity index (χ2n) is 5.01. The van der Waals surface area contributed by atoms with Gasteiger partial charge in [0, 0.05) is 25.0 Å². The SMILES string of the molecule is CCn1nc(C)c(Cl)c1Cn1ccn(C2CC2)c1=O. The summed E-state index contributed by atoms with van der Waals surface area (Å²) in [6.07, 6.45) is 5.92. The van der Waals surface area contributed by atoms with E-state index in [0.29, 0.717) is 17.6 Å². The molecule has 0 aliphatic heterocycles. The van der Waals surface area contributed by atoms with Crippen LogP contribution in [0.5, 0.6) is 0 Å². The lowest BCUT2D eigenvalue weighted by Gasteiger charge is -2.05. The maximum atomic E-state index is 12.2. The summed E-state index contributed by atoms with van der Waals surface area (Å²) in [5.41, 5.74) is 1.76. The van der Waals surface area contributed by atoms with E-state index in [9.17, 15) is 4.79 Å². The first-order valence-corrected chi connectivity index (χ1v) is 6.98. The summed E-state index contributed by atoms with van der Waals surface area (Å²) in [7, 11) is 0. The van der Waals surface area contributed by atoms with Crippen LogP contribution in [0.2, 0.25) is 5.02 Å². The first kappa shape index (κ1) is 12.5. The van der Waals surface area contributed by atoms with Gasteiger partial charge in [0.05, 0.1) is 23.0 Å². The van der Waals surface area contributed by atoms with Crippen LogP contribution in [0, 0.1) is 6.92 Å². The van der Waals surface area contributed by atoms with Gasteiger partial charge in [0.2, 0.25) is 0 Å². The van der Waals surface area contributed by atoms with Crippen LogP contribution in [0.1, 0.15) is 37.2 Å². The van der Waals surface area contributed by atoms with E-state index < -0.39 is 0 Å².